The van der Waals surface area contributed by atoms with Crippen molar-refractivity contribution in [3.05, 3.63) is 148 Å². The van der Waals surface area contributed by atoms with Crippen LogP contribution in [-0.2, 0) is 41.6 Å². The van der Waals surface area contributed by atoms with Crippen LogP contribution in [0.4, 0.5) is 11.6 Å². The van der Waals surface area contributed by atoms with Gasteiger partial charge in [0.15, 0.2) is 11.6 Å². The van der Waals surface area contributed by atoms with E-state index >= 15 is 0 Å². The van der Waals surface area contributed by atoms with Crippen molar-refractivity contribution >= 4 is 61.2 Å². The Labute approximate surface area is 355 Å². The zero-order valence-corrected chi connectivity index (χ0v) is 35.1. The van der Waals surface area contributed by atoms with Crippen molar-refractivity contribution in [2.75, 3.05) is 32.3 Å². The standard InChI is InChI=1S/C25H25N3O3.C25H27N3O2/c1-15-11-19(31-2)8-7-18(15)6-3-17-12-21-20-9-4-16(5-10-23(29)30)13-22(20)28-25(26)24(21)27-14-17;1-16-6-3-4-8-19(16)23(30-2)14-18-12-21-20-10-9-17(7-5-11-29)13-22(20)28-25(26)24(21)27-15-18/h4,7-9,11-14H,3,5-6,10H2,1-2H3,(H2,26,28)(H,29,30);3-4,6,8-10,12-13,15,23,29H,5,7,11,14H2,1-2H3,(H2,26,28). The third-order valence-corrected chi connectivity index (χ3v) is 11.3. The number of carboxylic acid groups (broad SMARTS) is 1. The number of fused-ring (bicyclic) bond motifs is 6. The van der Waals surface area contributed by atoms with Crippen LogP contribution in [0, 0.1) is 13.8 Å². The van der Waals surface area contributed by atoms with Crippen molar-refractivity contribution in [3.63, 3.8) is 0 Å². The maximum atomic E-state index is 10.9. The Balaban J connectivity index is 0.000000184. The predicted octanol–water partition coefficient (Wildman–Crippen LogP) is 9.01. The molecule has 0 radical (unpaired) electrons. The highest BCUT2D eigenvalue weighted by atomic mass is 16.5. The predicted molar refractivity (Wildman–Crippen MR) is 244 cm³/mol. The third-order valence-electron chi connectivity index (χ3n) is 11.3. The van der Waals surface area contributed by atoms with E-state index in [1.807, 2.05) is 48.8 Å². The number of aliphatic hydroxyl groups is 1. The van der Waals surface area contributed by atoms with Crippen LogP contribution in [0.2, 0.25) is 0 Å². The fourth-order valence-electron chi connectivity index (χ4n) is 7.93. The van der Waals surface area contributed by atoms with Gasteiger partial charge in [0.05, 0.1) is 24.2 Å². The molecule has 11 heteroatoms. The van der Waals surface area contributed by atoms with Crippen molar-refractivity contribution in [3.8, 4) is 5.75 Å². The number of aryl methyl sites for hydroxylation is 6. The molecule has 0 aliphatic carbocycles. The van der Waals surface area contributed by atoms with Crippen LogP contribution in [0.25, 0.3) is 43.6 Å². The fraction of sp³-hybridized carbons (Fsp3) is 0.260. The lowest BCUT2D eigenvalue weighted by Crippen LogP contribution is -2.07. The number of hydrogen-bond acceptors (Lipinski definition) is 10. The van der Waals surface area contributed by atoms with Crippen molar-refractivity contribution in [2.45, 2.75) is 64.9 Å². The van der Waals surface area contributed by atoms with E-state index in [-0.39, 0.29) is 19.1 Å². The van der Waals surface area contributed by atoms with E-state index in [1.54, 1.807) is 14.2 Å². The molecular weight excluding hydrogens is 765 g/mol. The van der Waals surface area contributed by atoms with Gasteiger partial charge >= 0.3 is 5.97 Å². The minimum atomic E-state index is -0.813. The second-order valence-corrected chi connectivity index (χ2v) is 15.5. The maximum absolute atomic E-state index is 10.9. The lowest BCUT2D eigenvalue weighted by Gasteiger charge is -2.18. The molecule has 0 aliphatic rings. The number of nitrogens with two attached hydrogens (primary N) is 2. The number of ether oxygens (including phenoxy) is 2. The van der Waals surface area contributed by atoms with E-state index in [4.69, 9.17) is 31.2 Å². The Morgan fingerprint density at radius 2 is 1.30 bits per heavy atom. The van der Waals surface area contributed by atoms with E-state index in [0.29, 0.717) is 23.6 Å². The Morgan fingerprint density at radius 3 is 1.89 bits per heavy atom. The minimum Gasteiger partial charge on any atom is -0.497 e. The first-order chi connectivity index (χ1) is 29.5. The van der Waals surface area contributed by atoms with Crippen LogP contribution in [0.15, 0.2) is 103 Å². The average molecular weight is 817 g/mol. The number of aliphatic hydroxyl groups excluding tert-OH is 1. The van der Waals surface area contributed by atoms with E-state index < -0.39 is 5.97 Å². The van der Waals surface area contributed by atoms with Gasteiger partial charge in [-0.1, -0.05) is 54.6 Å². The average Bonchev–Trinajstić information content (AvgIpc) is 3.26. The summed E-state index contributed by atoms with van der Waals surface area (Å²) in [5, 5.41) is 22.0. The van der Waals surface area contributed by atoms with E-state index in [1.165, 1.54) is 22.3 Å². The summed E-state index contributed by atoms with van der Waals surface area (Å²) in [5.41, 5.74) is 24.6. The molecule has 312 valence electrons. The normalized spacial score (nSPS) is 11.8. The number of aliphatic carboxylic acids is 1. The molecule has 4 heterocycles. The van der Waals surface area contributed by atoms with Crippen LogP contribution in [0.5, 0.6) is 5.75 Å². The van der Waals surface area contributed by atoms with Gasteiger partial charge in [-0.2, -0.15) is 0 Å². The Kier molecular flexibility index (Phi) is 13.3. The molecule has 11 nitrogen and oxygen atoms in total. The second kappa shape index (κ2) is 19.1. The highest BCUT2D eigenvalue weighted by Gasteiger charge is 2.16. The molecule has 1 atom stereocenters. The van der Waals surface area contributed by atoms with Gasteiger partial charge in [0.1, 0.15) is 16.8 Å². The summed E-state index contributed by atoms with van der Waals surface area (Å²) in [4.78, 5) is 29.2. The molecule has 0 amide bonds. The van der Waals surface area contributed by atoms with Gasteiger partial charge in [-0.3, -0.25) is 14.8 Å². The topological polar surface area (TPSA) is 180 Å². The number of carbonyl (C=O) groups is 1. The monoisotopic (exact) mass is 816 g/mol. The van der Waals surface area contributed by atoms with E-state index in [9.17, 15) is 4.79 Å². The van der Waals surface area contributed by atoms with Gasteiger partial charge in [-0.25, -0.2) is 9.97 Å². The van der Waals surface area contributed by atoms with Gasteiger partial charge in [-0.15, -0.1) is 0 Å². The van der Waals surface area contributed by atoms with Crippen molar-refractivity contribution in [1.29, 1.82) is 0 Å². The first-order valence-corrected chi connectivity index (χ1v) is 20.5. The lowest BCUT2D eigenvalue weighted by molar-refractivity contribution is -0.136. The van der Waals surface area contributed by atoms with Crippen LogP contribution < -0.4 is 16.2 Å². The Bertz CT molecular complexity index is 2860. The van der Waals surface area contributed by atoms with Crippen LogP contribution >= 0.6 is 0 Å². The van der Waals surface area contributed by atoms with Gasteiger partial charge in [-0.05, 0) is 127 Å². The zero-order valence-electron chi connectivity index (χ0n) is 35.1. The number of benzene rings is 4. The Morgan fingerprint density at radius 1 is 0.672 bits per heavy atom. The van der Waals surface area contributed by atoms with Gasteiger partial charge < -0.3 is 31.2 Å². The summed E-state index contributed by atoms with van der Waals surface area (Å²) in [5.74, 6) is 0.874. The SMILES string of the molecule is COC(Cc1cnc2c(N)nc3cc(CCCO)ccc3c2c1)c1ccccc1C.COc1ccc(CCc2cnc3c(N)nc4cc(CCC(=O)O)ccc4c3c2)c(C)c1. The minimum absolute atomic E-state index is 0.0408. The zero-order chi connectivity index (χ0) is 43.0. The summed E-state index contributed by atoms with van der Waals surface area (Å²) in [6.45, 7) is 4.38. The van der Waals surface area contributed by atoms with Crippen molar-refractivity contribution in [1.82, 2.24) is 19.9 Å². The highest BCUT2D eigenvalue weighted by Crippen LogP contribution is 2.32. The van der Waals surface area contributed by atoms with Crippen molar-refractivity contribution in [2.24, 2.45) is 0 Å². The van der Waals surface area contributed by atoms with Crippen LogP contribution in [0.1, 0.15) is 63.5 Å². The number of pyridine rings is 4. The third kappa shape index (κ3) is 9.86. The molecular formula is C50H52N6O5. The maximum Gasteiger partial charge on any atom is 0.303 e. The number of carboxylic acids is 1. The summed E-state index contributed by atoms with van der Waals surface area (Å²) in [7, 11) is 3.42. The molecule has 0 fully saturated rings. The molecule has 1 unspecified atom stereocenters. The van der Waals surface area contributed by atoms with Crippen LogP contribution in [0.3, 0.4) is 0 Å². The molecule has 4 aromatic heterocycles. The Hall–Kier alpha value is -6.69. The van der Waals surface area contributed by atoms with Gasteiger partial charge in [0, 0.05) is 60.5 Å². The van der Waals surface area contributed by atoms with Crippen LogP contribution in [-0.4, -0.2) is 56.9 Å². The summed E-state index contributed by atoms with van der Waals surface area (Å²) in [6.07, 6.45) is 8.28. The molecule has 0 saturated carbocycles. The molecule has 0 spiro atoms. The molecule has 4 aromatic carbocycles. The number of aromatic nitrogens is 4. The number of nitrogen functional groups attached to an aromatic ring is 2. The molecule has 0 saturated heterocycles. The molecule has 0 bridgehead atoms. The first kappa shape index (κ1) is 42.4. The summed E-state index contributed by atoms with van der Waals surface area (Å²) >= 11 is 0. The largest absolute Gasteiger partial charge is 0.497 e. The smallest absolute Gasteiger partial charge is 0.303 e. The fourth-order valence-corrected chi connectivity index (χ4v) is 7.93. The second-order valence-electron chi connectivity index (χ2n) is 15.5. The molecule has 6 N–H and O–H groups in total. The number of nitrogens with zero attached hydrogens (tertiary/aromatic N) is 4. The first-order valence-electron chi connectivity index (χ1n) is 20.5. The molecule has 0 aliphatic heterocycles. The lowest BCUT2D eigenvalue weighted by atomic mass is 9.97. The summed E-state index contributed by atoms with van der Waals surface area (Å²) < 4.78 is 11.1. The van der Waals surface area contributed by atoms with Gasteiger partial charge in [0.25, 0.3) is 0 Å². The highest BCUT2D eigenvalue weighted by molar-refractivity contribution is 6.09. The number of methoxy groups -OCH3 is 2. The summed E-state index contributed by atoms with van der Waals surface area (Å²) in [6, 6.07) is 30.8. The number of rotatable bonds is 14. The molecule has 61 heavy (non-hydrogen) atoms. The number of hydrogen-bond donors (Lipinski definition) is 4. The van der Waals surface area contributed by atoms with Gasteiger partial charge in [0.2, 0.25) is 0 Å². The molecule has 8 rings (SSSR count). The van der Waals surface area contributed by atoms with Crippen molar-refractivity contribution < 1.29 is 24.5 Å². The molecule has 8 aromatic rings. The van der Waals surface area contributed by atoms with E-state index in [2.05, 4.69) is 88.4 Å². The van der Waals surface area contributed by atoms with E-state index in [0.717, 1.165) is 98.2 Å². The quantitative estimate of drug-likeness (QED) is 0.0770. The number of anilines is 2.